The van der Waals surface area contributed by atoms with E-state index in [9.17, 15) is 18.0 Å². The maximum absolute atomic E-state index is 13.5. The van der Waals surface area contributed by atoms with Crippen LogP contribution in [0.1, 0.15) is 41.3 Å². The number of hydrogen-bond donors (Lipinski definition) is 1. The maximum Gasteiger partial charge on any atom is 0.417 e. The van der Waals surface area contributed by atoms with Gasteiger partial charge in [0.2, 0.25) is 0 Å². The fourth-order valence-corrected chi connectivity index (χ4v) is 4.61. The van der Waals surface area contributed by atoms with Crippen LogP contribution in [0.3, 0.4) is 0 Å². The van der Waals surface area contributed by atoms with E-state index in [1.165, 1.54) is 6.07 Å². The Morgan fingerprint density at radius 3 is 2.58 bits per heavy atom. The number of pyridine rings is 1. The number of fused-ring (bicyclic) bond motifs is 2. The van der Waals surface area contributed by atoms with E-state index < -0.39 is 11.7 Å². The van der Waals surface area contributed by atoms with Gasteiger partial charge in [0.15, 0.2) is 5.84 Å². The van der Waals surface area contributed by atoms with Crippen molar-refractivity contribution < 1.29 is 18.0 Å². The number of alkyl halides is 3. The van der Waals surface area contributed by atoms with E-state index in [4.69, 9.17) is 0 Å². The van der Waals surface area contributed by atoms with Gasteiger partial charge in [0.1, 0.15) is 5.82 Å². The molecule has 2 aromatic rings. The predicted octanol–water partition coefficient (Wildman–Crippen LogP) is 4.80. The van der Waals surface area contributed by atoms with Gasteiger partial charge >= 0.3 is 6.18 Å². The van der Waals surface area contributed by atoms with Crippen molar-refractivity contribution in [2.45, 2.75) is 38.0 Å². The van der Waals surface area contributed by atoms with Crippen LogP contribution in [-0.2, 0) is 6.18 Å². The molecule has 2 heterocycles. The highest BCUT2D eigenvalue weighted by Crippen LogP contribution is 2.40. The summed E-state index contributed by atoms with van der Waals surface area (Å²) in [5, 5.41) is 3.23. The minimum atomic E-state index is -4.43. The predicted molar refractivity (Wildman–Crippen MR) is 122 cm³/mol. The van der Waals surface area contributed by atoms with Crippen LogP contribution < -0.4 is 5.32 Å². The van der Waals surface area contributed by atoms with Crippen molar-refractivity contribution in [1.82, 2.24) is 9.88 Å². The van der Waals surface area contributed by atoms with E-state index in [0.717, 1.165) is 25.1 Å². The van der Waals surface area contributed by atoms with Gasteiger partial charge in [-0.1, -0.05) is 24.3 Å². The zero-order valence-corrected chi connectivity index (χ0v) is 18.1. The summed E-state index contributed by atoms with van der Waals surface area (Å²) < 4.78 is 38.4. The van der Waals surface area contributed by atoms with Crippen LogP contribution in [0.4, 0.5) is 19.0 Å². The van der Waals surface area contributed by atoms with Crippen LogP contribution in [-0.4, -0.2) is 47.0 Å². The van der Waals surface area contributed by atoms with Gasteiger partial charge < -0.3 is 10.2 Å². The van der Waals surface area contributed by atoms with E-state index in [-0.39, 0.29) is 18.0 Å². The normalized spacial score (nSPS) is 22.7. The number of likely N-dealkylation sites (tertiary alicyclic amines) is 1. The molecule has 0 spiro atoms. The second-order valence-electron chi connectivity index (χ2n) is 8.18. The number of rotatable bonds is 5. The molecule has 172 valence electrons. The van der Waals surface area contributed by atoms with E-state index >= 15 is 0 Å². The number of carbonyl (C=O) groups is 1. The third-order valence-electron chi connectivity index (χ3n) is 6.06. The molecule has 9 heteroatoms. The number of piperidine rings is 1. The number of anilines is 1. The van der Waals surface area contributed by atoms with Crippen LogP contribution in [0.25, 0.3) is 0 Å². The van der Waals surface area contributed by atoms with Gasteiger partial charge in [0.25, 0.3) is 5.91 Å². The monoisotopic (exact) mass is 455 g/mol. The largest absolute Gasteiger partial charge is 0.417 e. The standard InChI is InChI=1S/C24H24F3N5O/c1-3-10-29-22(28-2)17-6-4-5-7-18(17)23(33)32-14-15-11-19(20(32)12-15)31-21-9-8-16(13-30-21)24(25,26)27/h3-10,13,15,19-20H,2,11-12,14H2,1H3,(H,30,31)/b10-3-,29-22?. The third-order valence-corrected chi connectivity index (χ3v) is 6.06. The average Bonchev–Trinajstić information content (AvgIpc) is 3.40. The van der Waals surface area contributed by atoms with Crippen molar-refractivity contribution in [3.05, 3.63) is 71.6 Å². The fourth-order valence-electron chi connectivity index (χ4n) is 4.61. The first-order chi connectivity index (χ1) is 15.8. The van der Waals surface area contributed by atoms with E-state index in [1.807, 2.05) is 17.9 Å². The van der Waals surface area contributed by atoms with Crippen molar-refractivity contribution >= 4 is 24.3 Å². The van der Waals surface area contributed by atoms with Gasteiger partial charge in [-0.05, 0) is 50.6 Å². The zero-order valence-electron chi connectivity index (χ0n) is 18.1. The Kier molecular flexibility index (Phi) is 6.31. The Bertz CT molecular complexity index is 1090. The molecule has 1 saturated heterocycles. The van der Waals surface area contributed by atoms with Crippen LogP contribution in [0.5, 0.6) is 0 Å². The number of nitrogens with one attached hydrogen (secondary N) is 1. The summed E-state index contributed by atoms with van der Waals surface area (Å²) in [5.74, 6) is 0.934. The summed E-state index contributed by atoms with van der Waals surface area (Å²) in [7, 11) is 0. The number of hydrogen-bond acceptors (Lipinski definition) is 4. The lowest BCUT2D eigenvalue weighted by Gasteiger charge is -2.34. The number of halogens is 3. The quantitative estimate of drug-likeness (QED) is 0.520. The van der Waals surface area contributed by atoms with Gasteiger partial charge in [-0.15, -0.1) is 0 Å². The van der Waals surface area contributed by atoms with E-state index in [2.05, 4.69) is 27.0 Å². The summed E-state index contributed by atoms with van der Waals surface area (Å²) in [6, 6.07) is 9.33. The summed E-state index contributed by atoms with van der Waals surface area (Å²) in [6.07, 6.45) is 1.43. The zero-order chi connectivity index (χ0) is 23.6. The number of benzene rings is 1. The smallest absolute Gasteiger partial charge is 0.365 e. The number of nitrogens with zero attached hydrogens (tertiary/aromatic N) is 4. The van der Waals surface area contributed by atoms with Crippen molar-refractivity contribution in [3.8, 4) is 0 Å². The molecule has 1 amide bonds. The Morgan fingerprint density at radius 2 is 1.97 bits per heavy atom. The molecule has 2 fully saturated rings. The number of carbonyl (C=O) groups excluding carboxylic acids is 1. The lowest BCUT2D eigenvalue weighted by atomic mass is 10.0. The highest BCUT2D eigenvalue weighted by Gasteiger charge is 2.47. The van der Waals surface area contributed by atoms with Gasteiger partial charge in [0, 0.05) is 30.5 Å². The lowest BCUT2D eigenvalue weighted by Crippen LogP contribution is -2.48. The van der Waals surface area contributed by atoms with Gasteiger partial charge in [0.05, 0.1) is 17.2 Å². The molecule has 6 nitrogen and oxygen atoms in total. The molecule has 2 aliphatic rings. The first-order valence-corrected chi connectivity index (χ1v) is 10.7. The Hall–Kier alpha value is -3.49. The minimum absolute atomic E-state index is 0.0766. The van der Waals surface area contributed by atoms with Crippen LogP contribution in [0, 0.1) is 5.92 Å². The molecule has 2 bridgehead atoms. The summed E-state index contributed by atoms with van der Waals surface area (Å²) in [4.78, 5) is 27.6. The molecular formula is C24H24F3N5O. The highest BCUT2D eigenvalue weighted by molar-refractivity contribution is 6.11. The molecule has 3 atom stereocenters. The molecular weight excluding hydrogens is 431 g/mol. The molecule has 33 heavy (non-hydrogen) atoms. The Balaban J connectivity index is 1.54. The second-order valence-corrected chi connectivity index (χ2v) is 8.18. The minimum Gasteiger partial charge on any atom is -0.365 e. The van der Waals surface area contributed by atoms with Crippen LogP contribution in [0.15, 0.2) is 64.9 Å². The lowest BCUT2D eigenvalue weighted by molar-refractivity contribution is -0.137. The third kappa shape index (κ3) is 4.67. The highest BCUT2D eigenvalue weighted by atomic mass is 19.4. The molecule has 1 aromatic heterocycles. The van der Waals surface area contributed by atoms with Crippen molar-refractivity contribution in [2.24, 2.45) is 15.9 Å². The number of amidine groups is 1. The van der Waals surface area contributed by atoms with Crippen LogP contribution in [0.2, 0.25) is 0 Å². The molecule has 1 N–H and O–H groups in total. The number of aromatic nitrogens is 1. The van der Waals surface area contributed by atoms with Crippen LogP contribution >= 0.6 is 0 Å². The maximum atomic E-state index is 13.5. The SMILES string of the molecule is C=NC(=N/C=C\C)c1ccccc1C(=O)N1CC2CC(Nc3ccc(C(F)(F)F)cn3)C1C2. The molecule has 1 aromatic carbocycles. The summed E-state index contributed by atoms with van der Waals surface area (Å²) in [6.45, 7) is 6.05. The van der Waals surface area contributed by atoms with Crippen molar-refractivity contribution in [3.63, 3.8) is 0 Å². The molecule has 1 saturated carbocycles. The number of amides is 1. The summed E-state index contributed by atoms with van der Waals surface area (Å²) >= 11 is 0. The topological polar surface area (TPSA) is 70.0 Å². The second kappa shape index (κ2) is 9.17. The van der Waals surface area contributed by atoms with E-state index in [0.29, 0.717) is 35.2 Å². The molecule has 4 rings (SSSR count). The molecule has 0 radical (unpaired) electrons. The van der Waals surface area contributed by atoms with Gasteiger partial charge in [-0.2, -0.15) is 13.2 Å². The first-order valence-electron chi connectivity index (χ1n) is 10.7. The Labute approximate surface area is 190 Å². The molecule has 3 unspecified atom stereocenters. The number of allylic oxidation sites excluding steroid dienone is 1. The average molecular weight is 455 g/mol. The van der Waals surface area contributed by atoms with E-state index in [1.54, 1.807) is 30.5 Å². The Morgan fingerprint density at radius 1 is 1.21 bits per heavy atom. The van der Waals surface area contributed by atoms with Gasteiger partial charge in [-0.25, -0.2) is 15.0 Å². The van der Waals surface area contributed by atoms with Crippen molar-refractivity contribution in [2.75, 3.05) is 11.9 Å². The van der Waals surface area contributed by atoms with Gasteiger partial charge in [-0.3, -0.25) is 4.79 Å². The molecule has 1 aliphatic heterocycles. The molecule has 1 aliphatic carbocycles. The fraction of sp³-hybridized carbons (Fsp3) is 0.333. The van der Waals surface area contributed by atoms with Crippen molar-refractivity contribution in [1.29, 1.82) is 0 Å². The first kappa shape index (κ1) is 22.7. The summed E-state index contributed by atoms with van der Waals surface area (Å²) in [5.41, 5.74) is 0.306. The number of aliphatic imine (C=N–C) groups is 2.